The maximum Gasteiger partial charge on any atom is 0.326 e. The highest BCUT2D eigenvalue weighted by Crippen LogP contribution is 2.20. The Morgan fingerprint density at radius 2 is 2.00 bits per heavy atom. The third-order valence-corrected chi connectivity index (χ3v) is 3.28. The number of rotatable bonds is 5. The summed E-state index contributed by atoms with van der Waals surface area (Å²) in [6.07, 6.45) is 2.13. The van der Waals surface area contributed by atoms with Crippen molar-refractivity contribution in [2.75, 3.05) is 6.26 Å². The minimum atomic E-state index is -1.05. The van der Waals surface area contributed by atoms with Crippen LogP contribution in [0.3, 0.4) is 0 Å². The predicted octanol–water partition coefficient (Wildman–Crippen LogP) is 1.41. The molecular weight excluding hydrogens is 266 g/mol. The number of nitrogens with one attached hydrogen (secondary N) is 1. The number of hydrogen-bond acceptors (Lipinski definition) is 5. The average molecular weight is 283 g/mol. The Labute approximate surface area is 116 Å². The summed E-state index contributed by atoms with van der Waals surface area (Å²) in [5, 5.41) is 12.0. The minimum Gasteiger partial charge on any atom is -0.480 e. The van der Waals surface area contributed by atoms with Crippen LogP contribution < -0.4 is 5.32 Å². The Bertz CT molecular complexity index is 505. The molecule has 0 saturated heterocycles. The van der Waals surface area contributed by atoms with Crippen LogP contribution in [0.4, 0.5) is 0 Å². The van der Waals surface area contributed by atoms with E-state index in [1.165, 1.54) is 11.8 Å². The van der Waals surface area contributed by atoms with Crippen molar-refractivity contribution in [1.82, 2.24) is 15.3 Å². The number of amides is 1. The first-order valence-electron chi connectivity index (χ1n) is 5.83. The molecule has 104 valence electrons. The molecule has 0 aliphatic rings. The zero-order valence-corrected chi connectivity index (χ0v) is 12.2. The zero-order valence-electron chi connectivity index (χ0n) is 11.4. The van der Waals surface area contributed by atoms with Crippen LogP contribution >= 0.6 is 11.8 Å². The fourth-order valence-corrected chi connectivity index (χ4v) is 2.33. The number of nitrogens with zero attached hydrogens (tertiary/aromatic N) is 2. The fourth-order valence-electron chi connectivity index (χ4n) is 1.66. The third-order valence-electron chi connectivity index (χ3n) is 2.60. The number of hydrogen-bond donors (Lipinski definition) is 2. The molecule has 1 aromatic heterocycles. The molecule has 7 heteroatoms. The van der Waals surface area contributed by atoms with E-state index < -0.39 is 17.9 Å². The van der Waals surface area contributed by atoms with Gasteiger partial charge >= 0.3 is 5.97 Å². The smallest absolute Gasteiger partial charge is 0.326 e. The van der Waals surface area contributed by atoms with E-state index in [0.29, 0.717) is 28.5 Å². The predicted molar refractivity (Wildman–Crippen MR) is 72.5 cm³/mol. The number of carbonyl (C=O) groups is 2. The van der Waals surface area contributed by atoms with Crippen molar-refractivity contribution in [2.45, 2.75) is 38.3 Å². The molecule has 2 N–H and O–H groups in total. The molecule has 19 heavy (non-hydrogen) atoms. The highest BCUT2D eigenvalue weighted by Gasteiger charge is 2.23. The Hall–Kier alpha value is -1.63. The molecule has 0 bridgehead atoms. The van der Waals surface area contributed by atoms with Gasteiger partial charge in [0.25, 0.3) is 5.91 Å². The lowest BCUT2D eigenvalue weighted by atomic mass is 10.2. The third kappa shape index (κ3) is 3.66. The van der Waals surface area contributed by atoms with Crippen LogP contribution in [0.2, 0.25) is 0 Å². The van der Waals surface area contributed by atoms with Crippen LogP contribution in [-0.2, 0) is 4.79 Å². The quantitative estimate of drug-likeness (QED) is 0.627. The average Bonchev–Trinajstić information content (AvgIpc) is 2.33. The summed E-state index contributed by atoms with van der Waals surface area (Å²) in [7, 11) is 0. The lowest BCUT2D eigenvalue weighted by Crippen LogP contribution is -2.40. The van der Waals surface area contributed by atoms with Crippen LogP contribution in [0, 0.1) is 13.8 Å². The Kier molecular flexibility index (Phi) is 5.29. The van der Waals surface area contributed by atoms with E-state index in [9.17, 15) is 9.59 Å². The van der Waals surface area contributed by atoms with Crippen LogP contribution in [0.5, 0.6) is 0 Å². The molecule has 0 fully saturated rings. The van der Waals surface area contributed by atoms with E-state index in [1.807, 2.05) is 6.26 Å². The molecule has 1 heterocycles. The van der Waals surface area contributed by atoms with E-state index in [1.54, 1.807) is 20.8 Å². The summed E-state index contributed by atoms with van der Waals surface area (Å²) in [5.41, 5.74) is 0.896. The van der Waals surface area contributed by atoms with E-state index in [4.69, 9.17) is 5.11 Å². The molecule has 1 atom stereocenters. The van der Waals surface area contributed by atoms with Crippen LogP contribution in [-0.4, -0.2) is 39.2 Å². The van der Waals surface area contributed by atoms with Gasteiger partial charge in [-0.2, -0.15) is 0 Å². The highest BCUT2D eigenvalue weighted by atomic mass is 32.2. The van der Waals surface area contributed by atoms with Crippen molar-refractivity contribution in [3.05, 3.63) is 17.1 Å². The van der Waals surface area contributed by atoms with Crippen LogP contribution in [0.25, 0.3) is 0 Å². The molecule has 6 nitrogen and oxygen atoms in total. The van der Waals surface area contributed by atoms with Gasteiger partial charge in [0.15, 0.2) is 0 Å². The Balaban J connectivity index is 3.09. The maximum atomic E-state index is 12.2. The second-order valence-electron chi connectivity index (χ2n) is 4.01. The van der Waals surface area contributed by atoms with E-state index in [2.05, 4.69) is 15.3 Å². The molecule has 0 unspecified atom stereocenters. The first-order valence-corrected chi connectivity index (χ1v) is 7.06. The molecule has 1 aromatic rings. The molecule has 1 rings (SSSR count). The van der Waals surface area contributed by atoms with Crippen molar-refractivity contribution < 1.29 is 14.7 Å². The normalized spacial score (nSPS) is 12.0. The van der Waals surface area contributed by atoms with E-state index >= 15 is 0 Å². The summed E-state index contributed by atoms with van der Waals surface area (Å²) in [6, 6.07) is -0.900. The van der Waals surface area contributed by atoms with Crippen LogP contribution in [0.15, 0.2) is 5.03 Å². The highest BCUT2D eigenvalue weighted by molar-refractivity contribution is 7.98. The number of aliphatic carboxylic acids is 1. The summed E-state index contributed by atoms with van der Waals surface area (Å²) < 4.78 is 0. The summed E-state index contributed by atoms with van der Waals surface area (Å²) in [5.74, 6) is -0.910. The number of carbonyl (C=O) groups excluding carboxylic acids is 1. The van der Waals surface area contributed by atoms with Crippen LogP contribution in [0.1, 0.15) is 35.2 Å². The summed E-state index contributed by atoms with van der Waals surface area (Å²) in [6.45, 7) is 5.17. The SMILES string of the molecule is CC[C@@H](NC(=O)c1c(C)nc(C)nc1SC)C(=O)O. The van der Waals surface area contributed by atoms with Crippen molar-refractivity contribution in [3.63, 3.8) is 0 Å². The number of carboxylic acid groups (broad SMARTS) is 1. The Morgan fingerprint density at radius 1 is 1.37 bits per heavy atom. The van der Waals surface area contributed by atoms with E-state index in [0.717, 1.165) is 0 Å². The number of aryl methyl sites for hydroxylation is 2. The van der Waals surface area contributed by atoms with Gasteiger partial charge in [-0.25, -0.2) is 14.8 Å². The molecule has 0 aromatic carbocycles. The first kappa shape index (κ1) is 15.4. The number of aromatic nitrogens is 2. The molecule has 0 radical (unpaired) electrons. The van der Waals surface area contributed by atoms with Crippen molar-refractivity contribution >= 4 is 23.6 Å². The van der Waals surface area contributed by atoms with Gasteiger partial charge in [0, 0.05) is 0 Å². The number of carboxylic acids is 1. The van der Waals surface area contributed by atoms with Gasteiger partial charge in [0.05, 0.1) is 11.3 Å². The largest absolute Gasteiger partial charge is 0.480 e. The number of thioether (sulfide) groups is 1. The molecule has 0 spiro atoms. The standard InChI is InChI=1S/C12H17N3O3S/c1-5-8(12(17)18)15-10(16)9-6(2)13-7(3)14-11(9)19-4/h8H,5H2,1-4H3,(H,15,16)(H,17,18)/t8-/m1/s1. The van der Waals surface area contributed by atoms with Gasteiger partial charge in [-0.15, -0.1) is 11.8 Å². The van der Waals surface area contributed by atoms with Gasteiger partial charge in [-0.05, 0) is 26.5 Å². The summed E-state index contributed by atoms with van der Waals surface area (Å²) >= 11 is 1.34. The molecule has 0 aliphatic carbocycles. The molecule has 1 amide bonds. The summed E-state index contributed by atoms with van der Waals surface area (Å²) in [4.78, 5) is 31.4. The lowest BCUT2D eigenvalue weighted by Gasteiger charge is -2.15. The first-order chi connectivity index (χ1) is 8.90. The van der Waals surface area contributed by atoms with Crippen molar-refractivity contribution in [3.8, 4) is 0 Å². The molecule has 0 aliphatic heterocycles. The monoisotopic (exact) mass is 283 g/mol. The zero-order chi connectivity index (χ0) is 14.6. The topological polar surface area (TPSA) is 92.2 Å². The fraction of sp³-hybridized carbons (Fsp3) is 0.500. The van der Waals surface area contributed by atoms with Gasteiger partial charge in [-0.3, -0.25) is 4.79 Å². The lowest BCUT2D eigenvalue weighted by molar-refractivity contribution is -0.139. The van der Waals surface area contributed by atoms with Gasteiger partial charge in [0.2, 0.25) is 0 Å². The van der Waals surface area contributed by atoms with Gasteiger partial charge in [0.1, 0.15) is 16.9 Å². The van der Waals surface area contributed by atoms with Gasteiger partial charge < -0.3 is 10.4 Å². The van der Waals surface area contributed by atoms with Crippen molar-refractivity contribution in [2.24, 2.45) is 0 Å². The maximum absolute atomic E-state index is 12.2. The second kappa shape index (κ2) is 6.51. The Morgan fingerprint density at radius 3 is 2.47 bits per heavy atom. The second-order valence-corrected chi connectivity index (χ2v) is 4.81. The van der Waals surface area contributed by atoms with Gasteiger partial charge in [-0.1, -0.05) is 6.92 Å². The van der Waals surface area contributed by atoms with E-state index in [-0.39, 0.29) is 0 Å². The minimum absolute atomic E-state index is 0.321. The molecular formula is C12H17N3O3S. The molecule has 0 saturated carbocycles. The van der Waals surface area contributed by atoms with Crippen molar-refractivity contribution in [1.29, 1.82) is 0 Å².